The van der Waals surface area contributed by atoms with E-state index in [1.807, 2.05) is 6.07 Å². The quantitative estimate of drug-likeness (QED) is 0.527. The zero-order valence-corrected chi connectivity index (χ0v) is 17.0. The van der Waals surface area contributed by atoms with Crippen LogP contribution in [0.3, 0.4) is 0 Å². The zero-order valence-electron chi connectivity index (χ0n) is 17.0. The van der Waals surface area contributed by atoms with Gasteiger partial charge in [-0.3, -0.25) is 0 Å². The molecule has 0 radical (unpaired) electrons. The smallest absolute Gasteiger partial charge is 0.200 e. The van der Waals surface area contributed by atoms with E-state index in [1.54, 1.807) is 12.1 Å². The van der Waals surface area contributed by atoms with E-state index < -0.39 is 17.7 Å². The van der Waals surface area contributed by atoms with Crippen molar-refractivity contribution in [2.45, 2.75) is 44.6 Å². The van der Waals surface area contributed by atoms with Crippen molar-refractivity contribution in [2.24, 2.45) is 5.92 Å². The highest BCUT2D eigenvalue weighted by Crippen LogP contribution is 2.37. The Labute approximate surface area is 175 Å². The van der Waals surface area contributed by atoms with Crippen LogP contribution in [-0.4, -0.2) is 18.3 Å². The van der Waals surface area contributed by atoms with Crippen LogP contribution in [0.1, 0.15) is 55.8 Å². The molecule has 0 aliphatic heterocycles. The molecule has 6 heteroatoms. The molecule has 0 saturated heterocycles. The molecule has 2 aromatic rings. The van der Waals surface area contributed by atoms with Gasteiger partial charge in [0, 0.05) is 5.56 Å². The number of aliphatic hydroxyl groups excluding tert-OH is 1. The molecule has 3 nitrogen and oxygen atoms in total. The standard InChI is InChI=1S/C24H27F3O3/c1-3-12-29-21-10-8-18(13-20(21)25)17-6-4-16(5-7-17)14-30-22-11-9-19(15(2)28)23(26)24(22)27/h3,8-11,13,15-17,28H,1,4-7,12,14H2,2H3. The molecule has 1 atom stereocenters. The first-order valence-corrected chi connectivity index (χ1v) is 10.2. The highest BCUT2D eigenvalue weighted by Gasteiger charge is 2.25. The first-order chi connectivity index (χ1) is 14.4. The lowest BCUT2D eigenvalue weighted by molar-refractivity contribution is 0.184. The normalized spacial score (nSPS) is 19.9. The van der Waals surface area contributed by atoms with Gasteiger partial charge in [-0.05, 0) is 74.3 Å². The molecule has 1 N–H and O–H groups in total. The summed E-state index contributed by atoms with van der Waals surface area (Å²) in [5, 5.41) is 9.46. The van der Waals surface area contributed by atoms with Crippen LogP contribution in [0.2, 0.25) is 0 Å². The van der Waals surface area contributed by atoms with Crippen molar-refractivity contribution in [3.05, 3.63) is 71.6 Å². The second-order valence-corrected chi connectivity index (χ2v) is 7.78. The Hall–Kier alpha value is -2.47. The van der Waals surface area contributed by atoms with E-state index in [0.29, 0.717) is 6.61 Å². The SMILES string of the molecule is C=CCOc1ccc(C2CCC(COc3ccc(C(C)O)c(F)c3F)CC2)cc1F. The monoisotopic (exact) mass is 420 g/mol. The highest BCUT2D eigenvalue weighted by molar-refractivity contribution is 5.33. The van der Waals surface area contributed by atoms with E-state index in [1.165, 1.54) is 25.1 Å². The third-order valence-corrected chi connectivity index (χ3v) is 5.63. The molecular formula is C24H27F3O3. The largest absolute Gasteiger partial charge is 0.490 e. The summed E-state index contributed by atoms with van der Waals surface area (Å²) < 4.78 is 53.1. The molecular weight excluding hydrogens is 393 g/mol. The van der Waals surface area contributed by atoms with Crippen molar-refractivity contribution in [1.29, 1.82) is 0 Å². The molecule has 1 aliphatic carbocycles. The van der Waals surface area contributed by atoms with Crippen molar-refractivity contribution in [3.8, 4) is 11.5 Å². The molecule has 0 heterocycles. The third kappa shape index (κ3) is 5.17. The summed E-state index contributed by atoms with van der Waals surface area (Å²) in [6.45, 7) is 5.48. The molecule has 1 fully saturated rings. The van der Waals surface area contributed by atoms with Crippen LogP contribution >= 0.6 is 0 Å². The van der Waals surface area contributed by atoms with Crippen LogP contribution in [0.4, 0.5) is 13.2 Å². The van der Waals surface area contributed by atoms with Crippen molar-refractivity contribution in [1.82, 2.24) is 0 Å². The molecule has 0 amide bonds. The molecule has 3 rings (SSSR count). The van der Waals surface area contributed by atoms with Crippen LogP contribution in [0.5, 0.6) is 11.5 Å². The molecule has 0 bridgehead atoms. The van der Waals surface area contributed by atoms with Crippen molar-refractivity contribution >= 4 is 0 Å². The average Bonchev–Trinajstić information content (AvgIpc) is 2.74. The van der Waals surface area contributed by atoms with Gasteiger partial charge in [-0.15, -0.1) is 0 Å². The van der Waals surface area contributed by atoms with Gasteiger partial charge in [-0.2, -0.15) is 4.39 Å². The Balaban J connectivity index is 1.53. The highest BCUT2D eigenvalue weighted by atomic mass is 19.2. The van der Waals surface area contributed by atoms with Gasteiger partial charge in [-0.25, -0.2) is 8.78 Å². The number of aliphatic hydroxyl groups is 1. The Kier molecular flexibility index (Phi) is 7.43. The lowest BCUT2D eigenvalue weighted by Crippen LogP contribution is -2.20. The fourth-order valence-electron chi connectivity index (χ4n) is 3.89. The zero-order chi connectivity index (χ0) is 21.7. The number of hydrogen-bond donors (Lipinski definition) is 1. The Morgan fingerprint density at radius 2 is 1.73 bits per heavy atom. The van der Waals surface area contributed by atoms with Crippen LogP contribution < -0.4 is 9.47 Å². The van der Waals surface area contributed by atoms with E-state index in [-0.39, 0.29) is 41.3 Å². The predicted molar refractivity (Wildman–Crippen MR) is 109 cm³/mol. The first kappa shape index (κ1) is 22.2. The molecule has 0 aromatic heterocycles. The van der Waals surface area contributed by atoms with Crippen molar-refractivity contribution in [2.75, 3.05) is 13.2 Å². The minimum absolute atomic E-state index is 0.0894. The van der Waals surface area contributed by atoms with E-state index in [2.05, 4.69) is 6.58 Å². The Bertz CT molecular complexity index is 874. The average molecular weight is 420 g/mol. The molecule has 162 valence electrons. The lowest BCUT2D eigenvalue weighted by atomic mass is 9.79. The molecule has 1 unspecified atom stereocenters. The minimum atomic E-state index is -1.09. The number of ether oxygens (including phenoxy) is 2. The van der Waals surface area contributed by atoms with E-state index in [4.69, 9.17) is 9.47 Å². The van der Waals surface area contributed by atoms with Gasteiger partial charge in [-0.1, -0.05) is 18.7 Å². The number of hydrogen-bond acceptors (Lipinski definition) is 3. The van der Waals surface area contributed by atoms with Crippen LogP contribution in [0.25, 0.3) is 0 Å². The maximum atomic E-state index is 14.2. The molecule has 1 aliphatic rings. The van der Waals surface area contributed by atoms with Crippen LogP contribution in [0, 0.1) is 23.4 Å². The van der Waals surface area contributed by atoms with Gasteiger partial charge in [0.2, 0.25) is 5.82 Å². The van der Waals surface area contributed by atoms with Gasteiger partial charge in [0.1, 0.15) is 6.61 Å². The summed E-state index contributed by atoms with van der Waals surface area (Å²) in [6, 6.07) is 7.77. The lowest BCUT2D eigenvalue weighted by Gasteiger charge is -2.29. The van der Waals surface area contributed by atoms with E-state index in [9.17, 15) is 18.3 Å². The summed E-state index contributed by atoms with van der Waals surface area (Å²) in [7, 11) is 0. The van der Waals surface area contributed by atoms with Crippen molar-refractivity contribution in [3.63, 3.8) is 0 Å². The summed E-state index contributed by atoms with van der Waals surface area (Å²) in [4.78, 5) is 0. The molecule has 2 aromatic carbocycles. The summed E-state index contributed by atoms with van der Waals surface area (Å²) >= 11 is 0. The van der Waals surface area contributed by atoms with Gasteiger partial charge in [0.05, 0.1) is 12.7 Å². The minimum Gasteiger partial charge on any atom is -0.490 e. The number of rotatable bonds is 8. The Morgan fingerprint density at radius 1 is 1.03 bits per heavy atom. The summed E-state index contributed by atoms with van der Waals surface area (Å²) in [5.74, 6) is -1.97. The van der Waals surface area contributed by atoms with Crippen LogP contribution in [-0.2, 0) is 0 Å². The van der Waals surface area contributed by atoms with E-state index in [0.717, 1.165) is 31.2 Å². The van der Waals surface area contributed by atoms with Gasteiger partial charge in [0.15, 0.2) is 23.1 Å². The van der Waals surface area contributed by atoms with Gasteiger partial charge >= 0.3 is 0 Å². The fourth-order valence-corrected chi connectivity index (χ4v) is 3.89. The molecule has 1 saturated carbocycles. The predicted octanol–water partition coefficient (Wildman–Crippen LogP) is 6.07. The summed E-state index contributed by atoms with van der Waals surface area (Å²) in [5.41, 5.74) is 0.855. The van der Waals surface area contributed by atoms with Gasteiger partial charge in [0.25, 0.3) is 0 Å². The maximum Gasteiger partial charge on any atom is 0.200 e. The number of benzene rings is 2. The maximum absolute atomic E-state index is 14.2. The first-order valence-electron chi connectivity index (χ1n) is 10.2. The van der Waals surface area contributed by atoms with Crippen molar-refractivity contribution < 1.29 is 27.8 Å². The second-order valence-electron chi connectivity index (χ2n) is 7.78. The fraction of sp³-hybridized carbons (Fsp3) is 0.417. The number of halogens is 3. The Morgan fingerprint density at radius 3 is 2.37 bits per heavy atom. The van der Waals surface area contributed by atoms with Gasteiger partial charge < -0.3 is 14.6 Å². The molecule has 0 spiro atoms. The molecule has 30 heavy (non-hydrogen) atoms. The summed E-state index contributed by atoms with van der Waals surface area (Å²) in [6.07, 6.45) is 3.94. The van der Waals surface area contributed by atoms with Crippen LogP contribution in [0.15, 0.2) is 43.0 Å². The topological polar surface area (TPSA) is 38.7 Å². The second kappa shape index (κ2) is 10.0. The third-order valence-electron chi connectivity index (χ3n) is 5.63. The van der Waals surface area contributed by atoms with E-state index >= 15 is 0 Å².